The van der Waals surface area contributed by atoms with Crippen LogP contribution in [0, 0.1) is 3.57 Å². The van der Waals surface area contributed by atoms with Crippen molar-refractivity contribution in [1.29, 1.82) is 0 Å². The van der Waals surface area contributed by atoms with E-state index in [1.807, 2.05) is 38.7 Å². The Morgan fingerprint density at radius 1 is 0.551 bits per heavy atom. The molecule has 42 nitrogen and oxygen atoms in total. The van der Waals surface area contributed by atoms with Gasteiger partial charge in [0.1, 0.15) is 96.9 Å². The standard InChI is InChI=1S/2C23H29N3O16S.C7H7IN2O2/c24-8(20(36)37)1-2-12(29)26-9(19(35)25-5-13(30)31)6-43-18-10(27)3-7(4-11(18)28)22(40)42-23-16(34)14(32)15(33)17(41-23)21(38)39;24-8(21(37)38)1-2-12(28)26-9(19(34)25-5-13(29)30)6-43-18-10(27)3-7(20(35)36)4-11(18)41-23-16(33)14(31)15(32)17(42-23)22(39)40;8-5-2-1-4(7(9)11)3-6(5)10-12/h3-4,8-9,14-17,23,27-28,32-34H,1-2,5-6,24H2,(H,25,35)(H,26,29)(H,30,31)(H,36,37)(H,38,39);3-4,8-9,14-17,23,27,31-33H,1-2,5-6,24H2,(H,25,34)(H,26,28)(H,29,30)(H,35,36)(H,37,38)(H,39,40);1-3,10,12H,(H2,9,11)/t2*8?,9?,14-,15-,16+,17?,23?;/m00./s1. The molecule has 2 aliphatic rings. The molecule has 540 valence electrons. The van der Waals surface area contributed by atoms with E-state index in [1.165, 1.54) is 6.07 Å². The van der Waals surface area contributed by atoms with Crippen LogP contribution in [-0.4, -0.2) is 274 Å². The Bertz CT molecular complexity index is 3420. The van der Waals surface area contributed by atoms with Crippen molar-refractivity contribution in [3.8, 4) is 23.0 Å². The molecule has 0 spiro atoms. The second-order valence-electron chi connectivity index (χ2n) is 20.2. The predicted molar refractivity (Wildman–Crippen MR) is 329 cm³/mol. The number of amides is 5. The van der Waals surface area contributed by atoms with Crippen molar-refractivity contribution in [2.45, 2.75) is 121 Å². The van der Waals surface area contributed by atoms with Crippen molar-refractivity contribution >= 4 is 129 Å². The minimum atomic E-state index is -2.08. The maximum Gasteiger partial charge on any atom is 0.340 e. The molecule has 5 amide bonds. The van der Waals surface area contributed by atoms with E-state index in [1.54, 1.807) is 12.1 Å². The highest BCUT2D eigenvalue weighted by molar-refractivity contribution is 14.1. The monoisotopic (exact) mass is 1550 g/mol. The van der Waals surface area contributed by atoms with Gasteiger partial charge < -0.3 is 139 Å². The number of thioether (sulfide) groups is 2. The van der Waals surface area contributed by atoms with Crippen LogP contribution in [0.25, 0.3) is 0 Å². The number of primary amides is 1. The van der Waals surface area contributed by atoms with Gasteiger partial charge in [0.15, 0.2) is 12.2 Å². The number of phenolic OH excluding ortho intramolecular Hbond substituents is 3. The fourth-order valence-corrected chi connectivity index (χ4v) is 10.3. The topological polar surface area (TPSA) is 741 Å². The van der Waals surface area contributed by atoms with Gasteiger partial charge in [0.25, 0.3) is 0 Å². The molecule has 0 aromatic heterocycles. The van der Waals surface area contributed by atoms with E-state index in [0.29, 0.717) is 34.8 Å². The number of aromatic carboxylic acids is 1. The normalized spacial score (nSPS) is 21.3. The van der Waals surface area contributed by atoms with Gasteiger partial charge in [-0.2, -0.15) is 0 Å². The van der Waals surface area contributed by atoms with Gasteiger partial charge in [-0.05, 0) is 77.9 Å². The zero-order valence-electron chi connectivity index (χ0n) is 49.8. The molecular formula is C53H65IN8O34S2. The molecule has 3 aromatic rings. The van der Waals surface area contributed by atoms with E-state index >= 15 is 0 Å². The number of aliphatic carboxylic acids is 6. The van der Waals surface area contributed by atoms with Gasteiger partial charge in [-0.1, -0.05) is 0 Å². The Balaban J connectivity index is 0.000000435. The number of nitrogens with one attached hydrogen (secondary N) is 5. The maximum absolute atomic E-state index is 12.6. The number of aromatic hydroxyl groups is 3. The van der Waals surface area contributed by atoms with E-state index < -0.39 is 234 Å². The van der Waals surface area contributed by atoms with Crippen LogP contribution in [0.4, 0.5) is 5.69 Å². The number of aliphatic hydroxyl groups excluding tert-OH is 6. The molecule has 3 aromatic carbocycles. The van der Waals surface area contributed by atoms with E-state index in [4.69, 9.17) is 66.9 Å². The molecule has 0 radical (unpaired) electrons. The van der Waals surface area contributed by atoms with Gasteiger partial charge in [0, 0.05) is 33.5 Å². The number of hydrogen-bond acceptors (Lipinski definition) is 32. The van der Waals surface area contributed by atoms with E-state index in [-0.39, 0.29) is 22.6 Å². The average Bonchev–Trinajstić information content (AvgIpc) is 0.800. The Hall–Kier alpha value is -9.24. The number of rotatable bonds is 31. The summed E-state index contributed by atoms with van der Waals surface area (Å²) in [6.07, 6.45) is -22.1. The highest BCUT2D eigenvalue weighted by Gasteiger charge is 2.50. The number of phenols is 3. The lowest BCUT2D eigenvalue weighted by Crippen LogP contribution is -2.61. The summed E-state index contributed by atoms with van der Waals surface area (Å²) < 4.78 is 21.0. The summed E-state index contributed by atoms with van der Waals surface area (Å²) in [4.78, 5) is 150. The van der Waals surface area contributed by atoms with Crippen LogP contribution >= 0.6 is 46.1 Å². The number of hydrogen-bond donors (Lipinski definition) is 25. The van der Waals surface area contributed by atoms with Crippen LogP contribution in [-0.2, 0) is 62.2 Å². The van der Waals surface area contributed by atoms with Crippen molar-refractivity contribution in [3.63, 3.8) is 0 Å². The molecule has 0 bridgehead atoms. The van der Waals surface area contributed by atoms with Crippen LogP contribution < -0.4 is 48.7 Å². The number of carboxylic acid groups (broad SMARTS) is 7. The fraction of sp³-hybridized carbons (Fsp3) is 0.415. The lowest BCUT2D eigenvalue weighted by molar-refractivity contribution is -0.278. The second kappa shape index (κ2) is 38.6. The van der Waals surface area contributed by atoms with Gasteiger partial charge in [0.2, 0.25) is 42.1 Å². The molecule has 2 heterocycles. The summed E-state index contributed by atoms with van der Waals surface area (Å²) in [5, 5.41) is 172. The Morgan fingerprint density at radius 2 is 0.969 bits per heavy atom. The van der Waals surface area contributed by atoms with Crippen molar-refractivity contribution in [2.75, 3.05) is 30.1 Å². The smallest absolute Gasteiger partial charge is 0.340 e. The van der Waals surface area contributed by atoms with Crippen LogP contribution in [0.1, 0.15) is 56.8 Å². The Kier molecular flexibility index (Phi) is 32.7. The molecule has 14 atom stereocenters. The number of carbonyl (C=O) groups is 13. The first kappa shape index (κ1) is 83.0. The quantitative estimate of drug-likeness (QED) is 0.0123. The molecular weight excluding hydrogens is 1480 g/mol. The Labute approximate surface area is 570 Å². The van der Waals surface area contributed by atoms with Crippen molar-refractivity contribution in [2.24, 2.45) is 17.2 Å². The van der Waals surface area contributed by atoms with E-state index in [2.05, 4.69) is 10.6 Å². The van der Waals surface area contributed by atoms with Crippen LogP contribution in [0.15, 0.2) is 52.3 Å². The summed E-state index contributed by atoms with van der Waals surface area (Å²) in [6.45, 7) is -1.65. The van der Waals surface area contributed by atoms with Crippen molar-refractivity contribution < 1.29 is 168 Å². The molecule has 0 saturated carbocycles. The summed E-state index contributed by atoms with van der Waals surface area (Å²) in [6, 6.07) is 2.25. The molecule has 2 saturated heterocycles. The molecule has 98 heavy (non-hydrogen) atoms. The molecule has 5 rings (SSSR count). The number of ether oxygens (including phenoxy) is 4. The number of esters is 1. The van der Waals surface area contributed by atoms with Gasteiger partial charge in [-0.15, -0.1) is 23.5 Å². The lowest BCUT2D eigenvalue weighted by atomic mass is 9.99. The highest BCUT2D eigenvalue weighted by atomic mass is 127. The number of carboxylic acids is 7. The predicted octanol–water partition coefficient (Wildman–Crippen LogP) is -6.36. The highest BCUT2D eigenvalue weighted by Crippen LogP contribution is 2.41. The number of anilines is 1. The van der Waals surface area contributed by atoms with Gasteiger partial charge >= 0.3 is 47.8 Å². The fourth-order valence-electron chi connectivity index (χ4n) is 7.79. The van der Waals surface area contributed by atoms with Crippen molar-refractivity contribution in [1.82, 2.24) is 21.3 Å². The molecule has 28 N–H and O–H groups in total. The average molecular weight is 1550 g/mol. The van der Waals surface area contributed by atoms with Crippen LogP contribution in [0.5, 0.6) is 23.0 Å². The number of aliphatic hydroxyl groups is 6. The largest absolute Gasteiger partial charge is 0.507 e. The zero-order chi connectivity index (χ0) is 74.3. The third-order valence-corrected chi connectivity index (χ3v) is 16.3. The SMILES string of the molecule is NC(=O)c1ccc(I)c(NO)c1.NC(CCC(=O)NC(CSc1c(O)cc(C(=O)O)cc1OC1OC(C(=O)O)[C@@H](O)[C@H](O)[C@H]1O)C(=O)NCC(=O)O)C(=O)O.NC(CCC(=O)NC(CSc1c(O)cc(C(=O)OC2OC(C(=O)O)[C@@H](O)[C@H](O)[C@H]2O)cc1O)C(=O)NCC(=O)O)C(=O)O. The van der Waals surface area contributed by atoms with E-state index in [9.17, 15) is 119 Å². The van der Waals surface area contributed by atoms with Crippen LogP contribution in [0.3, 0.4) is 0 Å². The lowest BCUT2D eigenvalue weighted by Gasteiger charge is -2.38. The Morgan fingerprint density at radius 3 is 1.38 bits per heavy atom. The minimum Gasteiger partial charge on any atom is -0.507 e. The first-order valence-electron chi connectivity index (χ1n) is 27.4. The van der Waals surface area contributed by atoms with Gasteiger partial charge in [-0.3, -0.25) is 53.8 Å². The molecule has 8 unspecified atom stereocenters. The molecule has 2 aliphatic heterocycles. The third-order valence-electron chi connectivity index (χ3n) is 13.0. The first-order chi connectivity index (χ1) is 45.7. The minimum absolute atomic E-state index is 0.281. The number of halogens is 1. The third kappa shape index (κ3) is 25.0. The van der Waals surface area contributed by atoms with Gasteiger partial charge in [0.05, 0.1) is 26.6 Å². The summed E-state index contributed by atoms with van der Waals surface area (Å²) in [7, 11) is 0. The number of benzene rings is 3. The van der Waals surface area contributed by atoms with Gasteiger partial charge in [-0.25, -0.2) is 19.2 Å². The molecule has 0 aliphatic carbocycles. The summed E-state index contributed by atoms with van der Waals surface area (Å²) >= 11 is 3.18. The number of nitrogens with two attached hydrogens (primary N) is 3. The first-order valence-corrected chi connectivity index (χ1v) is 30.4. The van der Waals surface area contributed by atoms with Crippen LogP contribution in [0.2, 0.25) is 0 Å². The zero-order valence-corrected chi connectivity index (χ0v) is 53.5. The van der Waals surface area contributed by atoms with Crippen molar-refractivity contribution in [3.05, 3.63) is 62.7 Å². The second-order valence-corrected chi connectivity index (χ2v) is 23.4. The molecule has 45 heteroatoms. The summed E-state index contributed by atoms with van der Waals surface area (Å²) in [5.41, 5.74) is 17.5. The number of carbonyl (C=O) groups excluding carboxylic acids is 6. The molecule has 2 fully saturated rings. The van der Waals surface area contributed by atoms with E-state index in [0.717, 1.165) is 27.8 Å². The summed E-state index contributed by atoms with van der Waals surface area (Å²) in [5.74, 6) is -19.8. The maximum atomic E-state index is 12.6.